The first-order valence-electron chi connectivity index (χ1n) is 3.73. The standard InChI is InChI=1S/C10H10Br2/c1-8-9(5-3-7-11)4-2-6-10(8)12/h2-6H,7H2,1H3. The summed E-state index contributed by atoms with van der Waals surface area (Å²) in [5.41, 5.74) is 2.55. The molecule has 0 aromatic heterocycles. The van der Waals surface area contributed by atoms with E-state index < -0.39 is 0 Å². The summed E-state index contributed by atoms with van der Waals surface area (Å²) in [7, 11) is 0. The SMILES string of the molecule is Cc1c(Br)cccc1C=CCBr. The second kappa shape index (κ2) is 4.83. The minimum absolute atomic E-state index is 0.902. The van der Waals surface area contributed by atoms with E-state index in [-0.39, 0.29) is 0 Å². The highest BCUT2D eigenvalue weighted by atomic mass is 79.9. The molecule has 0 heterocycles. The Kier molecular flexibility index (Phi) is 4.02. The fourth-order valence-corrected chi connectivity index (χ4v) is 1.54. The predicted molar refractivity (Wildman–Crippen MR) is 61.7 cm³/mol. The van der Waals surface area contributed by atoms with Gasteiger partial charge in [0, 0.05) is 9.80 Å². The largest absolute Gasteiger partial charge is 0.0883 e. The van der Waals surface area contributed by atoms with Gasteiger partial charge in [0.25, 0.3) is 0 Å². The zero-order valence-corrected chi connectivity index (χ0v) is 10.0. The van der Waals surface area contributed by atoms with Gasteiger partial charge in [-0.05, 0) is 24.1 Å². The summed E-state index contributed by atoms with van der Waals surface area (Å²) in [6.07, 6.45) is 4.21. The Morgan fingerprint density at radius 2 is 2.17 bits per heavy atom. The van der Waals surface area contributed by atoms with Crippen LogP contribution in [-0.2, 0) is 0 Å². The van der Waals surface area contributed by atoms with E-state index in [2.05, 4.69) is 63.1 Å². The van der Waals surface area contributed by atoms with E-state index in [1.54, 1.807) is 0 Å². The van der Waals surface area contributed by atoms with Crippen LogP contribution in [0.4, 0.5) is 0 Å². The molecule has 64 valence electrons. The maximum Gasteiger partial charge on any atom is 0.0215 e. The molecule has 0 unspecified atom stereocenters. The lowest BCUT2D eigenvalue weighted by molar-refractivity contribution is 1.40. The van der Waals surface area contributed by atoms with E-state index in [1.807, 2.05) is 6.07 Å². The second-order valence-electron chi connectivity index (χ2n) is 2.51. The van der Waals surface area contributed by atoms with Crippen LogP contribution in [0.15, 0.2) is 28.7 Å². The van der Waals surface area contributed by atoms with Gasteiger partial charge in [-0.25, -0.2) is 0 Å². The van der Waals surface area contributed by atoms with Crippen molar-refractivity contribution in [1.82, 2.24) is 0 Å². The van der Waals surface area contributed by atoms with Gasteiger partial charge in [0.15, 0.2) is 0 Å². The average Bonchev–Trinajstić information content (AvgIpc) is 2.08. The molecule has 0 amide bonds. The van der Waals surface area contributed by atoms with Crippen molar-refractivity contribution in [3.63, 3.8) is 0 Å². The third-order valence-corrected chi connectivity index (χ3v) is 2.93. The van der Waals surface area contributed by atoms with Gasteiger partial charge in [0.05, 0.1) is 0 Å². The summed E-state index contributed by atoms with van der Waals surface area (Å²) in [6, 6.07) is 6.21. The number of benzene rings is 1. The molecule has 0 spiro atoms. The van der Waals surface area contributed by atoms with E-state index in [9.17, 15) is 0 Å². The normalized spacial score (nSPS) is 10.9. The van der Waals surface area contributed by atoms with Crippen molar-refractivity contribution in [1.29, 1.82) is 0 Å². The molecule has 1 aromatic carbocycles. The van der Waals surface area contributed by atoms with Gasteiger partial charge in [-0.3, -0.25) is 0 Å². The molecule has 0 atom stereocenters. The topological polar surface area (TPSA) is 0 Å². The molecule has 1 aromatic rings. The van der Waals surface area contributed by atoms with Crippen LogP contribution in [-0.4, -0.2) is 5.33 Å². The molecule has 1 rings (SSSR count). The molecular weight excluding hydrogens is 280 g/mol. The van der Waals surface area contributed by atoms with Crippen LogP contribution >= 0.6 is 31.9 Å². The Morgan fingerprint density at radius 3 is 2.83 bits per heavy atom. The Balaban J connectivity index is 3.00. The van der Waals surface area contributed by atoms with Crippen molar-refractivity contribution < 1.29 is 0 Å². The summed E-state index contributed by atoms with van der Waals surface area (Å²) in [5.74, 6) is 0. The lowest BCUT2D eigenvalue weighted by Gasteiger charge is -2.01. The van der Waals surface area contributed by atoms with Gasteiger partial charge in [0.1, 0.15) is 0 Å². The molecule has 0 aliphatic rings. The molecule has 0 saturated heterocycles. The smallest absolute Gasteiger partial charge is 0.0215 e. The fraction of sp³-hybridized carbons (Fsp3) is 0.200. The minimum Gasteiger partial charge on any atom is -0.0883 e. The summed E-state index contributed by atoms with van der Waals surface area (Å²) in [4.78, 5) is 0. The number of alkyl halides is 1. The summed E-state index contributed by atoms with van der Waals surface area (Å²) in [6.45, 7) is 2.11. The number of allylic oxidation sites excluding steroid dienone is 1. The number of rotatable bonds is 2. The maximum atomic E-state index is 3.49. The Hall–Kier alpha value is -0.0800. The van der Waals surface area contributed by atoms with Crippen molar-refractivity contribution in [3.8, 4) is 0 Å². The maximum absolute atomic E-state index is 3.49. The monoisotopic (exact) mass is 288 g/mol. The van der Waals surface area contributed by atoms with E-state index in [1.165, 1.54) is 15.6 Å². The summed E-state index contributed by atoms with van der Waals surface area (Å²) >= 11 is 6.84. The zero-order valence-electron chi connectivity index (χ0n) is 6.85. The van der Waals surface area contributed by atoms with Crippen molar-refractivity contribution in [2.75, 3.05) is 5.33 Å². The molecule has 0 bridgehead atoms. The van der Waals surface area contributed by atoms with Crippen LogP contribution in [0.3, 0.4) is 0 Å². The summed E-state index contributed by atoms with van der Waals surface area (Å²) in [5, 5.41) is 0.902. The predicted octanol–water partition coefficient (Wildman–Crippen LogP) is 4.17. The molecule has 0 saturated carbocycles. The highest BCUT2D eigenvalue weighted by Crippen LogP contribution is 2.20. The van der Waals surface area contributed by atoms with Gasteiger partial charge in [-0.15, -0.1) is 0 Å². The molecule has 0 aliphatic heterocycles. The van der Waals surface area contributed by atoms with Crippen molar-refractivity contribution in [3.05, 3.63) is 39.9 Å². The molecule has 0 aliphatic carbocycles. The van der Waals surface area contributed by atoms with Crippen LogP contribution in [0, 0.1) is 6.92 Å². The van der Waals surface area contributed by atoms with Gasteiger partial charge in [0.2, 0.25) is 0 Å². The Morgan fingerprint density at radius 1 is 1.42 bits per heavy atom. The zero-order chi connectivity index (χ0) is 8.97. The molecular formula is C10H10Br2. The Labute approximate surface area is 89.9 Å². The van der Waals surface area contributed by atoms with Crippen molar-refractivity contribution in [2.45, 2.75) is 6.92 Å². The van der Waals surface area contributed by atoms with E-state index in [4.69, 9.17) is 0 Å². The average molecular weight is 290 g/mol. The van der Waals surface area contributed by atoms with Gasteiger partial charge >= 0.3 is 0 Å². The highest BCUT2D eigenvalue weighted by Gasteiger charge is 1.96. The minimum atomic E-state index is 0.902. The van der Waals surface area contributed by atoms with Crippen LogP contribution in [0.2, 0.25) is 0 Å². The van der Waals surface area contributed by atoms with Crippen molar-refractivity contribution in [2.24, 2.45) is 0 Å². The quantitative estimate of drug-likeness (QED) is 0.717. The third kappa shape index (κ3) is 2.46. The first kappa shape index (κ1) is 10.0. The van der Waals surface area contributed by atoms with Gasteiger partial charge < -0.3 is 0 Å². The summed E-state index contributed by atoms with van der Waals surface area (Å²) < 4.78 is 1.17. The second-order valence-corrected chi connectivity index (χ2v) is 4.01. The first-order chi connectivity index (χ1) is 5.75. The van der Waals surface area contributed by atoms with Gasteiger partial charge in [-0.1, -0.05) is 56.1 Å². The lowest BCUT2D eigenvalue weighted by atomic mass is 10.1. The third-order valence-electron chi connectivity index (χ3n) is 1.70. The van der Waals surface area contributed by atoms with Crippen LogP contribution in [0.5, 0.6) is 0 Å². The van der Waals surface area contributed by atoms with E-state index in [0.717, 1.165) is 5.33 Å². The molecule has 0 fully saturated rings. The van der Waals surface area contributed by atoms with Gasteiger partial charge in [-0.2, -0.15) is 0 Å². The molecule has 2 heteroatoms. The number of halogens is 2. The molecule has 12 heavy (non-hydrogen) atoms. The Bertz CT molecular complexity index is 290. The number of hydrogen-bond acceptors (Lipinski definition) is 0. The molecule has 0 N–H and O–H groups in total. The first-order valence-corrected chi connectivity index (χ1v) is 5.64. The van der Waals surface area contributed by atoms with E-state index in [0.29, 0.717) is 0 Å². The van der Waals surface area contributed by atoms with Crippen LogP contribution in [0.1, 0.15) is 11.1 Å². The van der Waals surface area contributed by atoms with Crippen LogP contribution in [0.25, 0.3) is 6.08 Å². The van der Waals surface area contributed by atoms with Crippen molar-refractivity contribution >= 4 is 37.9 Å². The molecule has 0 radical (unpaired) electrons. The number of hydrogen-bond donors (Lipinski definition) is 0. The molecule has 0 nitrogen and oxygen atoms in total. The van der Waals surface area contributed by atoms with Crippen LogP contribution < -0.4 is 0 Å². The fourth-order valence-electron chi connectivity index (χ4n) is 0.976. The lowest BCUT2D eigenvalue weighted by Crippen LogP contribution is -1.81. The van der Waals surface area contributed by atoms with E-state index >= 15 is 0 Å². The highest BCUT2D eigenvalue weighted by molar-refractivity contribution is 9.10.